The van der Waals surface area contributed by atoms with Crippen LogP contribution >= 0.6 is 27.3 Å². The van der Waals surface area contributed by atoms with Gasteiger partial charge >= 0.3 is 0 Å². The lowest BCUT2D eigenvalue weighted by molar-refractivity contribution is -0.114. The Bertz CT molecular complexity index is 655. The fraction of sp³-hybridized carbons (Fsp3) is 0.267. The van der Waals surface area contributed by atoms with Crippen LogP contribution in [0.15, 0.2) is 28.1 Å². The first-order valence-electron chi connectivity index (χ1n) is 6.43. The van der Waals surface area contributed by atoms with Crippen molar-refractivity contribution in [2.75, 3.05) is 17.7 Å². The highest BCUT2D eigenvalue weighted by Crippen LogP contribution is 2.33. The predicted octanol–water partition coefficient (Wildman–Crippen LogP) is 4.40. The number of aryl methyl sites for hydroxylation is 1. The molecular weight excluding hydrogens is 352 g/mol. The molecule has 1 amide bonds. The molecular formula is C15H17BrN2O2S. The number of hydrogen-bond donors (Lipinski definition) is 2. The van der Waals surface area contributed by atoms with Crippen LogP contribution in [-0.4, -0.2) is 13.0 Å². The number of rotatable bonds is 5. The first-order valence-corrected chi connectivity index (χ1v) is 8.10. The molecule has 0 aliphatic heterocycles. The van der Waals surface area contributed by atoms with Gasteiger partial charge in [0.25, 0.3) is 0 Å². The molecule has 0 atom stereocenters. The van der Waals surface area contributed by atoms with E-state index in [1.54, 1.807) is 18.4 Å². The van der Waals surface area contributed by atoms with Crippen LogP contribution in [0, 0.1) is 6.92 Å². The topological polar surface area (TPSA) is 50.4 Å². The molecule has 0 saturated heterocycles. The van der Waals surface area contributed by atoms with Gasteiger partial charge in [0.15, 0.2) is 0 Å². The molecule has 1 heterocycles. The second-order valence-corrected chi connectivity index (χ2v) is 6.51. The Morgan fingerprint density at radius 1 is 1.43 bits per heavy atom. The lowest BCUT2D eigenvalue weighted by atomic mass is 10.2. The Morgan fingerprint density at radius 3 is 2.86 bits per heavy atom. The van der Waals surface area contributed by atoms with Crippen LogP contribution in [-0.2, 0) is 11.3 Å². The van der Waals surface area contributed by atoms with Crippen molar-refractivity contribution in [2.45, 2.75) is 20.4 Å². The van der Waals surface area contributed by atoms with Crippen molar-refractivity contribution < 1.29 is 9.53 Å². The van der Waals surface area contributed by atoms with E-state index in [0.29, 0.717) is 6.54 Å². The monoisotopic (exact) mass is 368 g/mol. The maximum Gasteiger partial charge on any atom is 0.221 e. The molecule has 2 rings (SSSR count). The molecule has 2 N–H and O–H groups in total. The number of nitrogens with one attached hydrogen (secondary N) is 2. The molecule has 0 aliphatic carbocycles. The van der Waals surface area contributed by atoms with E-state index in [1.165, 1.54) is 6.92 Å². The van der Waals surface area contributed by atoms with Gasteiger partial charge in [0.05, 0.1) is 25.0 Å². The molecule has 112 valence electrons. The maximum absolute atomic E-state index is 11.2. The lowest BCUT2D eigenvalue weighted by Gasteiger charge is -2.15. The van der Waals surface area contributed by atoms with Crippen LogP contribution in [0.4, 0.5) is 11.4 Å². The summed E-state index contributed by atoms with van der Waals surface area (Å²) in [7, 11) is 1.65. The molecule has 0 spiro atoms. The summed E-state index contributed by atoms with van der Waals surface area (Å²) in [5.74, 6) is 0.728. The Balaban J connectivity index is 2.17. The number of amides is 1. The van der Waals surface area contributed by atoms with Gasteiger partial charge in [-0.15, -0.1) is 11.3 Å². The molecule has 0 aliphatic rings. The molecule has 0 saturated carbocycles. The van der Waals surface area contributed by atoms with Gasteiger partial charge in [-0.05, 0) is 36.1 Å². The summed E-state index contributed by atoms with van der Waals surface area (Å²) in [5.41, 5.74) is 2.91. The number of carbonyl (C=O) groups is 1. The van der Waals surface area contributed by atoms with Crippen LogP contribution in [0.1, 0.15) is 17.4 Å². The van der Waals surface area contributed by atoms with Crippen molar-refractivity contribution in [3.63, 3.8) is 0 Å². The highest BCUT2D eigenvalue weighted by Gasteiger charge is 2.10. The van der Waals surface area contributed by atoms with Crippen LogP contribution in [0.25, 0.3) is 0 Å². The van der Waals surface area contributed by atoms with E-state index in [1.807, 2.05) is 30.5 Å². The minimum absolute atomic E-state index is 0.0629. The first-order chi connectivity index (χ1) is 10.0. The zero-order chi connectivity index (χ0) is 15.4. The van der Waals surface area contributed by atoms with E-state index in [2.05, 4.69) is 26.6 Å². The minimum atomic E-state index is -0.0629. The fourth-order valence-corrected chi connectivity index (χ4v) is 3.37. The number of carbonyl (C=O) groups excluding carboxylic acids is 1. The Hall–Kier alpha value is -1.53. The number of halogens is 1. The number of anilines is 2. The second-order valence-electron chi connectivity index (χ2n) is 4.59. The average molecular weight is 369 g/mol. The van der Waals surface area contributed by atoms with E-state index >= 15 is 0 Å². The number of benzene rings is 1. The zero-order valence-electron chi connectivity index (χ0n) is 12.1. The zero-order valence-corrected chi connectivity index (χ0v) is 14.5. The van der Waals surface area contributed by atoms with Crippen molar-refractivity contribution >= 4 is 44.5 Å². The van der Waals surface area contributed by atoms with E-state index in [4.69, 9.17) is 4.74 Å². The van der Waals surface area contributed by atoms with Gasteiger partial charge in [-0.3, -0.25) is 4.79 Å². The Morgan fingerprint density at radius 2 is 2.19 bits per heavy atom. The molecule has 6 heteroatoms. The van der Waals surface area contributed by atoms with E-state index in [-0.39, 0.29) is 5.91 Å². The Kier molecular flexibility index (Phi) is 5.25. The van der Waals surface area contributed by atoms with E-state index in [0.717, 1.165) is 32.0 Å². The van der Waals surface area contributed by atoms with Gasteiger partial charge < -0.3 is 15.4 Å². The number of thiophene rings is 1. The molecule has 0 bridgehead atoms. The van der Waals surface area contributed by atoms with Crippen molar-refractivity contribution in [1.29, 1.82) is 0 Å². The summed E-state index contributed by atoms with van der Waals surface area (Å²) in [4.78, 5) is 12.3. The summed E-state index contributed by atoms with van der Waals surface area (Å²) < 4.78 is 6.40. The summed E-state index contributed by atoms with van der Waals surface area (Å²) in [6.07, 6.45) is 0. The minimum Gasteiger partial charge on any atom is -0.495 e. The van der Waals surface area contributed by atoms with Crippen LogP contribution in [0.2, 0.25) is 0 Å². The van der Waals surface area contributed by atoms with E-state index < -0.39 is 0 Å². The standard InChI is InChI=1S/C15H17BrN2O2S/c1-9-6-11(16)7-13(20-3)15(9)17-8-14-12(4-5-21-14)18-10(2)19/h4-7,17H,8H2,1-3H3,(H,18,19). The highest BCUT2D eigenvalue weighted by atomic mass is 79.9. The molecule has 1 aromatic carbocycles. The normalized spacial score (nSPS) is 10.3. The molecule has 2 aromatic rings. The van der Waals surface area contributed by atoms with Gasteiger partial charge in [-0.25, -0.2) is 0 Å². The van der Waals surface area contributed by atoms with E-state index in [9.17, 15) is 4.79 Å². The van der Waals surface area contributed by atoms with Gasteiger partial charge in [0.2, 0.25) is 5.91 Å². The average Bonchev–Trinajstić information content (AvgIpc) is 2.83. The van der Waals surface area contributed by atoms with Crippen LogP contribution < -0.4 is 15.4 Å². The quantitative estimate of drug-likeness (QED) is 0.822. The molecule has 0 unspecified atom stereocenters. The highest BCUT2D eigenvalue weighted by molar-refractivity contribution is 9.10. The second kappa shape index (κ2) is 6.95. The molecule has 1 aromatic heterocycles. The van der Waals surface area contributed by atoms with Gasteiger partial charge in [0, 0.05) is 16.3 Å². The SMILES string of the molecule is COc1cc(Br)cc(C)c1NCc1sccc1NC(C)=O. The predicted molar refractivity (Wildman–Crippen MR) is 91.4 cm³/mol. The summed E-state index contributed by atoms with van der Waals surface area (Å²) in [6, 6.07) is 5.88. The largest absolute Gasteiger partial charge is 0.495 e. The Labute approximate surface area is 136 Å². The van der Waals surface area contributed by atoms with Crippen molar-refractivity contribution in [2.24, 2.45) is 0 Å². The first kappa shape index (κ1) is 15.9. The summed E-state index contributed by atoms with van der Waals surface area (Å²) >= 11 is 5.07. The molecule has 0 fully saturated rings. The third kappa shape index (κ3) is 3.98. The molecule has 4 nitrogen and oxygen atoms in total. The van der Waals surface area contributed by atoms with Gasteiger partial charge in [-0.2, -0.15) is 0 Å². The maximum atomic E-state index is 11.2. The smallest absolute Gasteiger partial charge is 0.221 e. The number of ether oxygens (including phenoxy) is 1. The summed E-state index contributed by atoms with van der Waals surface area (Å²) in [6.45, 7) is 4.17. The molecule has 21 heavy (non-hydrogen) atoms. The third-order valence-corrected chi connectivity index (χ3v) is 4.34. The third-order valence-electron chi connectivity index (χ3n) is 2.97. The van der Waals surface area contributed by atoms with Crippen molar-refractivity contribution in [3.05, 3.63) is 38.5 Å². The van der Waals surface area contributed by atoms with Crippen LogP contribution in [0.3, 0.4) is 0 Å². The number of hydrogen-bond acceptors (Lipinski definition) is 4. The van der Waals surface area contributed by atoms with Crippen molar-refractivity contribution in [3.8, 4) is 5.75 Å². The van der Waals surface area contributed by atoms with Crippen LogP contribution in [0.5, 0.6) is 5.75 Å². The molecule has 0 radical (unpaired) electrons. The lowest BCUT2D eigenvalue weighted by Crippen LogP contribution is -2.08. The van der Waals surface area contributed by atoms with Crippen molar-refractivity contribution in [1.82, 2.24) is 0 Å². The summed E-state index contributed by atoms with van der Waals surface area (Å²) in [5, 5.41) is 8.19. The number of methoxy groups -OCH3 is 1. The van der Waals surface area contributed by atoms with Gasteiger partial charge in [0.1, 0.15) is 5.75 Å². The van der Waals surface area contributed by atoms with Gasteiger partial charge in [-0.1, -0.05) is 15.9 Å². The fourth-order valence-electron chi connectivity index (χ4n) is 2.05.